The highest BCUT2D eigenvalue weighted by Gasteiger charge is 2.37. The van der Waals surface area contributed by atoms with Crippen molar-refractivity contribution in [3.63, 3.8) is 0 Å². The lowest BCUT2D eigenvalue weighted by Crippen LogP contribution is -2.45. The minimum Gasteiger partial charge on any atom is -0.372 e. The summed E-state index contributed by atoms with van der Waals surface area (Å²) >= 11 is 0. The van der Waals surface area contributed by atoms with Crippen molar-refractivity contribution < 1.29 is 0 Å². The van der Waals surface area contributed by atoms with Gasteiger partial charge in [0.05, 0.1) is 0 Å². The Morgan fingerprint density at radius 2 is 1.46 bits per heavy atom. The Kier molecular flexibility index (Phi) is 5.59. The Hall–Kier alpha value is -1.02. The van der Waals surface area contributed by atoms with Crippen LogP contribution in [0.25, 0.3) is 0 Å². The predicted molar refractivity (Wildman–Crippen MR) is 112 cm³/mol. The Labute approximate surface area is 161 Å². The number of benzene rings is 1. The second-order valence-corrected chi connectivity index (χ2v) is 9.75. The molecule has 1 spiro atoms. The molecule has 0 N–H and O–H groups in total. The predicted octanol–water partition coefficient (Wildman–Crippen LogP) is 5.50. The third-order valence-electron chi connectivity index (χ3n) is 7.78. The molecule has 2 nitrogen and oxygen atoms in total. The minimum atomic E-state index is 0.734. The number of hydrogen-bond acceptors (Lipinski definition) is 2. The van der Waals surface area contributed by atoms with E-state index in [9.17, 15) is 0 Å². The molecule has 3 fully saturated rings. The van der Waals surface area contributed by atoms with E-state index in [1.54, 1.807) is 0 Å². The molecular formula is C24H38N2. The standard InChI is InChI=1S/C24H38N2/c1-20-3-5-23(6-4-20)26-15-9-22(10-16-26)19-25-17-13-24(14-18-25)11-7-21(2)8-12-24/h3-6,21-22H,7-19H2,1-2H3. The van der Waals surface area contributed by atoms with E-state index in [0.29, 0.717) is 0 Å². The molecule has 0 radical (unpaired) electrons. The summed E-state index contributed by atoms with van der Waals surface area (Å²) in [6.07, 6.45) is 11.7. The van der Waals surface area contributed by atoms with Crippen LogP contribution in [0.1, 0.15) is 63.9 Å². The first-order valence-electron chi connectivity index (χ1n) is 11.2. The van der Waals surface area contributed by atoms with Crippen LogP contribution in [0, 0.1) is 24.2 Å². The average Bonchev–Trinajstić information content (AvgIpc) is 2.68. The van der Waals surface area contributed by atoms with Crippen LogP contribution in [0.5, 0.6) is 0 Å². The summed E-state index contributed by atoms with van der Waals surface area (Å²) in [6.45, 7) is 11.2. The summed E-state index contributed by atoms with van der Waals surface area (Å²) in [5.74, 6) is 1.90. The van der Waals surface area contributed by atoms with Crippen molar-refractivity contribution in [2.75, 3.05) is 37.6 Å². The third kappa shape index (κ3) is 4.27. The van der Waals surface area contributed by atoms with Crippen LogP contribution in [0.3, 0.4) is 0 Å². The molecule has 3 aliphatic rings. The second kappa shape index (κ2) is 7.92. The maximum absolute atomic E-state index is 2.80. The SMILES string of the molecule is Cc1ccc(N2CCC(CN3CCC4(CCC(C)CC4)CC3)CC2)cc1. The maximum Gasteiger partial charge on any atom is 0.0366 e. The fraction of sp³-hybridized carbons (Fsp3) is 0.750. The lowest BCUT2D eigenvalue weighted by molar-refractivity contribution is 0.0462. The summed E-state index contributed by atoms with van der Waals surface area (Å²) in [7, 11) is 0. The number of piperidine rings is 2. The van der Waals surface area contributed by atoms with Gasteiger partial charge in [-0.05, 0) is 87.9 Å². The van der Waals surface area contributed by atoms with Crippen LogP contribution in [0.15, 0.2) is 24.3 Å². The molecule has 0 amide bonds. The lowest BCUT2D eigenvalue weighted by atomic mass is 9.66. The van der Waals surface area contributed by atoms with Crippen molar-refractivity contribution in [2.24, 2.45) is 17.3 Å². The van der Waals surface area contributed by atoms with E-state index >= 15 is 0 Å². The molecule has 0 bridgehead atoms. The first-order valence-corrected chi connectivity index (χ1v) is 11.2. The first-order chi connectivity index (χ1) is 12.6. The van der Waals surface area contributed by atoms with Gasteiger partial charge < -0.3 is 9.80 Å². The van der Waals surface area contributed by atoms with Crippen LogP contribution in [-0.4, -0.2) is 37.6 Å². The van der Waals surface area contributed by atoms with E-state index < -0.39 is 0 Å². The summed E-state index contributed by atoms with van der Waals surface area (Å²) in [5, 5.41) is 0. The van der Waals surface area contributed by atoms with Crippen molar-refractivity contribution in [1.82, 2.24) is 4.90 Å². The van der Waals surface area contributed by atoms with Crippen LogP contribution in [0.4, 0.5) is 5.69 Å². The summed E-state index contributed by atoms with van der Waals surface area (Å²) in [4.78, 5) is 5.39. The van der Waals surface area contributed by atoms with Gasteiger partial charge in [0.1, 0.15) is 0 Å². The quantitative estimate of drug-likeness (QED) is 0.707. The maximum atomic E-state index is 2.80. The molecule has 1 aliphatic carbocycles. The smallest absolute Gasteiger partial charge is 0.0366 e. The fourth-order valence-electron chi connectivity index (χ4n) is 5.58. The van der Waals surface area contributed by atoms with Gasteiger partial charge in [-0.15, -0.1) is 0 Å². The fourth-order valence-corrected chi connectivity index (χ4v) is 5.58. The van der Waals surface area contributed by atoms with Gasteiger partial charge in [0, 0.05) is 25.3 Å². The van der Waals surface area contributed by atoms with Gasteiger partial charge in [-0.1, -0.05) is 37.5 Å². The molecule has 2 saturated heterocycles. The molecule has 0 aromatic heterocycles. The van der Waals surface area contributed by atoms with E-state index in [0.717, 1.165) is 17.3 Å². The minimum absolute atomic E-state index is 0.734. The Bertz CT molecular complexity index is 552. The first kappa shape index (κ1) is 18.3. The van der Waals surface area contributed by atoms with Gasteiger partial charge in [0.2, 0.25) is 0 Å². The summed E-state index contributed by atoms with van der Waals surface area (Å²) in [6, 6.07) is 9.09. The van der Waals surface area contributed by atoms with Crippen molar-refractivity contribution in [2.45, 2.75) is 65.2 Å². The van der Waals surface area contributed by atoms with Crippen LogP contribution in [0.2, 0.25) is 0 Å². The van der Waals surface area contributed by atoms with E-state index in [4.69, 9.17) is 0 Å². The lowest BCUT2D eigenvalue weighted by Gasteiger charge is -2.46. The molecule has 26 heavy (non-hydrogen) atoms. The van der Waals surface area contributed by atoms with Crippen LogP contribution < -0.4 is 4.90 Å². The molecule has 0 atom stereocenters. The van der Waals surface area contributed by atoms with Crippen LogP contribution in [-0.2, 0) is 0 Å². The number of aryl methyl sites for hydroxylation is 1. The molecular weight excluding hydrogens is 316 g/mol. The Morgan fingerprint density at radius 1 is 0.846 bits per heavy atom. The molecule has 1 aromatic rings. The Balaban J connectivity index is 1.21. The molecule has 1 saturated carbocycles. The highest BCUT2D eigenvalue weighted by Crippen LogP contribution is 2.46. The summed E-state index contributed by atoms with van der Waals surface area (Å²) < 4.78 is 0. The van der Waals surface area contributed by atoms with Gasteiger partial charge in [0.15, 0.2) is 0 Å². The number of anilines is 1. The van der Waals surface area contributed by atoms with Gasteiger partial charge in [-0.25, -0.2) is 0 Å². The average molecular weight is 355 g/mol. The number of likely N-dealkylation sites (tertiary alicyclic amines) is 1. The zero-order valence-electron chi connectivity index (χ0n) is 17.1. The molecule has 4 rings (SSSR count). The normalized spacial score (nSPS) is 25.7. The van der Waals surface area contributed by atoms with Gasteiger partial charge >= 0.3 is 0 Å². The van der Waals surface area contributed by atoms with Gasteiger partial charge in [-0.3, -0.25) is 0 Å². The van der Waals surface area contributed by atoms with Crippen molar-refractivity contribution in [3.05, 3.63) is 29.8 Å². The van der Waals surface area contributed by atoms with E-state index in [1.165, 1.54) is 95.3 Å². The molecule has 2 heteroatoms. The number of hydrogen-bond donors (Lipinski definition) is 0. The van der Waals surface area contributed by atoms with Gasteiger partial charge in [0.25, 0.3) is 0 Å². The van der Waals surface area contributed by atoms with Gasteiger partial charge in [-0.2, -0.15) is 0 Å². The molecule has 2 heterocycles. The van der Waals surface area contributed by atoms with Crippen LogP contribution >= 0.6 is 0 Å². The van der Waals surface area contributed by atoms with E-state index in [1.807, 2.05) is 0 Å². The highest BCUT2D eigenvalue weighted by molar-refractivity contribution is 5.47. The number of rotatable bonds is 3. The summed E-state index contributed by atoms with van der Waals surface area (Å²) in [5.41, 5.74) is 3.51. The van der Waals surface area contributed by atoms with E-state index in [-0.39, 0.29) is 0 Å². The topological polar surface area (TPSA) is 6.48 Å². The Morgan fingerprint density at radius 3 is 2.08 bits per heavy atom. The monoisotopic (exact) mass is 354 g/mol. The number of nitrogens with zero attached hydrogens (tertiary/aromatic N) is 2. The van der Waals surface area contributed by atoms with Crippen molar-refractivity contribution in [1.29, 1.82) is 0 Å². The molecule has 1 aromatic carbocycles. The van der Waals surface area contributed by atoms with Crippen molar-refractivity contribution in [3.8, 4) is 0 Å². The molecule has 2 aliphatic heterocycles. The molecule has 0 unspecified atom stereocenters. The zero-order valence-corrected chi connectivity index (χ0v) is 17.1. The largest absolute Gasteiger partial charge is 0.372 e. The highest BCUT2D eigenvalue weighted by atomic mass is 15.2. The van der Waals surface area contributed by atoms with E-state index in [2.05, 4.69) is 47.9 Å². The van der Waals surface area contributed by atoms with Crippen molar-refractivity contribution >= 4 is 5.69 Å². The third-order valence-corrected chi connectivity index (χ3v) is 7.78. The second-order valence-electron chi connectivity index (χ2n) is 9.75. The zero-order chi connectivity index (χ0) is 18.0. The molecule has 144 valence electrons.